The van der Waals surface area contributed by atoms with E-state index in [9.17, 15) is 0 Å². The number of hydrogen-bond donors (Lipinski definition) is 1. The summed E-state index contributed by atoms with van der Waals surface area (Å²) < 4.78 is 0. The number of nitrogens with two attached hydrogens (primary N) is 1. The van der Waals surface area contributed by atoms with E-state index < -0.39 is 0 Å². The van der Waals surface area contributed by atoms with Crippen LogP contribution in [0.2, 0.25) is 0 Å². The number of benzene rings is 1. The minimum atomic E-state index is 0. The van der Waals surface area contributed by atoms with E-state index in [2.05, 4.69) is 26.8 Å². The maximum Gasteiger partial charge on any atom is 0.0346 e. The molecule has 0 aliphatic carbocycles. The molecule has 2 N–H and O–H groups in total. The molecule has 0 aromatic heterocycles. The fourth-order valence-corrected chi connectivity index (χ4v) is 0.977. The van der Waals surface area contributed by atoms with Crippen molar-refractivity contribution in [1.29, 1.82) is 0 Å². The highest BCUT2D eigenvalue weighted by atomic mass is 79.9. The standard InChI is InChI=1S/C9H13N.BrH/c1-6-4-5-9(10)8(3)7(6)2;/h4-5H,10H2,1-3H3;1H. The van der Waals surface area contributed by atoms with Gasteiger partial charge in [-0.25, -0.2) is 0 Å². The number of aryl methyl sites for hydroxylation is 1. The van der Waals surface area contributed by atoms with Crippen molar-refractivity contribution in [1.82, 2.24) is 0 Å². The predicted octanol–water partition coefficient (Wildman–Crippen LogP) is 2.77. The van der Waals surface area contributed by atoms with E-state index in [0.717, 1.165) is 5.69 Å². The summed E-state index contributed by atoms with van der Waals surface area (Å²) in [4.78, 5) is 0. The van der Waals surface area contributed by atoms with Crippen LogP contribution in [0.15, 0.2) is 12.1 Å². The summed E-state index contributed by atoms with van der Waals surface area (Å²) in [7, 11) is 0. The Morgan fingerprint density at radius 3 is 2.00 bits per heavy atom. The van der Waals surface area contributed by atoms with Crippen molar-refractivity contribution in [3.05, 3.63) is 28.8 Å². The lowest BCUT2D eigenvalue weighted by atomic mass is 10.0. The number of anilines is 1. The third-order valence-corrected chi connectivity index (χ3v) is 2.10. The second-order valence-corrected chi connectivity index (χ2v) is 2.72. The maximum atomic E-state index is 5.69. The molecule has 0 atom stereocenters. The van der Waals surface area contributed by atoms with Crippen LogP contribution in [0.4, 0.5) is 5.69 Å². The molecule has 1 aromatic rings. The van der Waals surface area contributed by atoms with Crippen LogP contribution in [0.3, 0.4) is 0 Å². The molecule has 11 heavy (non-hydrogen) atoms. The normalized spacial score (nSPS) is 9.00. The molecule has 0 fully saturated rings. The molecule has 0 amide bonds. The van der Waals surface area contributed by atoms with Gasteiger partial charge >= 0.3 is 0 Å². The number of hydrogen-bond acceptors (Lipinski definition) is 1. The first-order valence-corrected chi connectivity index (χ1v) is 3.45. The van der Waals surface area contributed by atoms with Gasteiger partial charge in [0.2, 0.25) is 0 Å². The van der Waals surface area contributed by atoms with Crippen LogP contribution < -0.4 is 5.73 Å². The molecule has 1 aromatic carbocycles. The summed E-state index contributed by atoms with van der Waals surface area (Å²) >= 11 is 0. The van der Waals surface area contributed by atoms with Gasteiger partial charge in [0.1, 0.15) is 0 Å². The van der Waals surface area contributed by atoms with Crippen molar-refractivity contribution in [2.45, 2.75) is 20.8 Å². The summed E-state index contributed by atoms with van der Waals surface area (Å²) in [5.41, 5.74) is 10.4. The predicted molar refractivity (Wildman–Crippen MR) is 55.4 cm³/mol. The van der Waals surface area contributed by atoms with Gasteiger partial charge in [0.05, 0.1) is 0 Å². The minimum Gasteiger partial charge on any atom is -0.399 e. The summed E-state index contributed by atoms with van der Waals surface area (Å²) in [5, 5.41) is 0. The summed E-state index contributed by atoms with van der Waals surface area (Å²) in [6, 6.07) is 4.01. The topological polar surface area (TPSA) is 26.0 Å². The van der Waals surface area contributed by atoms with Crippen molar-refractivity contribution >= 4 is 22.7 Å². The van der Waals surface area contributed by atoms with Gasteiger partial charge in [-0.2, -0.15) is 0 Å². The lowest BCUT2D eigenvalue weighted by molar-refractivity contribution is 1.27. The molecular formula is C9H14BrN. The Morgan fingerprint density at radius 2 is 1.55 bits per heavy atom. The van der Waals surface area contributed by atoms with Gasteiger partial charge in [-0.15, -0.1) is 17.0 Å². The van der Waals surface area contributed by atoms with Gasteiger partial charge in [0.25, 0.3) is 0 Å². The number of nitrogen functional groups attached to an aromatic ring is 1. The van der Waals surface area contributed by atoms with Crippen LogP contribution in [0.5, 0.6) is 0 Å². The highest BCUT2D eigenvalue weighted by Crippen LogP contribution is 2.17. The van der Waals surface area contributed by atoms with Crippen molar-refractivity contribution in [2.24, 2.45) is 0 Å². The molecule has 0 spiro atoms. The third kappa shape index (κ3) is 1.96. The molecule has 0 saturated carbocycles. The minimum absolute atomic E-state index is 0. The van der Waals surface area contributed by atoms with Crippen LogP contribution in [0.25, 0.3) is 0 Å². The van der Waals surface area contributed by atoms with Gasteiger partial charge in [0.15, 0.2) is 0 Å². The smallest absolute Gasteiger partial charge is 0.0346 e. The van der Waals surface area contributed by atoms with Crippen LogP contribution >= 0.6 is 17.0 Å². The first kappa shape index (κ1) is 10.5. The van der Waals surface area contributed by atoms with Crippen molar-refractivity contribution in [3.63, 3.8) is 0 Å². The van der Waals surface area contributed by atoms with Gasteiger partial charge in [0, 0.05) is 5.69 Å². The van der Waals surface area contributed by atoms with E-state index in [-0.39, 0.29) is 17.0 Å². The first-order valence-electron chi connectivity index (χ1n) is 3.45. The fourth-order valence-electron chi connectivity index (χ4n) is 0.977. The molecule has 0 unspecified atom stereocenters. The van der Waals surface area contributed by atoms with Gasteiger partial charge < -0.3 is 5.73 Å². The summed E-state index contributed by atoms with van der Waals surface area (Å²) in [5.74, 6) is 0. The Bertz CT molecular complexity index is 229. The Kier molecular flexibility index (Phi) is 3.59. The summed E-state index contributed by atoms with van der Waals surface area (Å²) in [6.45, 7) is 6.25. The highest BCUT2D eigenvalue weighted by molar-refractivity contribution is 8.93. The molecule has 0 saturated heterocycles. The number of halogens is 1. The van der Waals surface area contributed by atoms with Crippen LogP contribution in [0, 0.1) is 20.8 Å². The molecule has 1 rings (SSSR count). The van der Waals surface area contributed by atoms with E-state index in [1.165, 1.54) is 16.7 Å². The zero-order chi connectivity index (χ0) is 7.72. The Balaban J connectivity index is 0.000001000. The van der Waals surface area contributed by atoms with Gasteiger partial charge in [-0.3, -0.25) is 0 Å². The lowest BCUT2D eigenvalue weighted by Crippen LogP contribution is -1.93. The molecule has 0 radical (unpaired) electrons. The zero-order valence-corrected chi connectivity index (χ0v) is 8.85. The second-order valence-electron chi connectivity index (χ2n) is 2.72. The molecule has 0 aliphatic rings. The molecule has 0 bridgehead atoms. The van der Waals surface area contributed by atoms with E-state index in [0.29, 0.717) is 0 Å². The molecule has 1 nitrogen and oxygen atoms in total. The quantitative estimate of drug-likeness (QED) is 0.663. The SMILES string of the molecule is Br.Cc1ccc(N)c(C)c1C. The molecule has 0 heterocycles. The van der Waals surface area contributed by atoms with Crippen LogP contribution in [0.1, 0.15) is 16.7 Å². The summed E-state index contributed by atoms with van der Waals surface area (Å²) in [6.07, 6.45) is 0. The first-order chi connectivity index (χ1) is 4.63. The maximum absolute atomic E-state index is 5.69. The largest absolute Gasteiger partial charge is 0.399 e. The fraction of sp³-hybridized carbons (Fsp3) is 0.333. The van der Waals surface area contributed by atoms with E-state index in [1.807, 2.05) is 6.07 Å². The average Bonchev–Trinajstić information content (AvgIpc) is 1.93. The van der Waals surface area contributed by atoms with Gasteiger partial charge in [-0.05, 0) is 43.5 Å². The molecule has 2 heteroatoms. The van der Waals surface area contributed by atoms with E-state index in [4.69, 9.17) is 5.73 Å². The zero-order valence-electron chi connectivity index (χ0n) is 7.14. The Hall–Kier alpha value is -0.500. The van der Waals surface area contributed by atoms with Crippen LogP contribution in [-0.2, 0) is 0 Å². The Labute approximate surface area is 78.4 Å². The lowest BCUT2D eigenvalue weighted by Gasteiger charge is -2.05. The number of rotatable bonds is 0. The third-order valence-electron chi connectivity index (χ3n) is 2.10. The van der Waals surface area contributed by atoms with Crippen molar-refractivity contribution < 1.29 is 0 Å². The van der Waals surface area contributed by atoms with Crippen molar-refractivity contribution in [3.8, 4) is 0 Å². The van der Waals surface area contributed by atoms with E-state index >= 15 is 0 Å². The van der Waals surface area contributed by atoms with Gasteiger partial charge in [-0.1, -0.05) is 6.07 Å². The molecule has 62 valence electrons. The van der Waals surface area contributed by atoms with Crippen LogP contribution in [-0.4, -0.2) is 0 Å². The molecular weight excluding hydrogens is 202 g/mol. The second kappa shape index (κ2) is 3.77. The highest BCUT2D eigenvalue weighted by Gasteiger charge is 1.98. The monoisotopic (exact) mass is 215 g/mol. The average molecular weight is 216 g/mol. The van der Waals surface area contributed by atoms with E-state index in [1.54, 1.807) is 0 Å². The molecule has 0 aliphatic heterocycles. The Morgan fingerprint density at radius 1 is 1.00 bits per heavy atom. The van der Waals surface area contributed by atoms with Crippen molar-refractivity contribution in [2.75, 3.05) is 5.73 Å².